The van der Waals surface area contributed by atoms with Crippen LogP contribution in [0.1, 0.15) is 5.56 Å². The topological polar surface area (TPSA) is 52.9 Å². The molecule has 0 spiro atoms. The molecule has 2 rings (SSSR count). The third-order valence-electron chi connectivity index (χ3n) is 2.60. The molecule has 0 aliphatic carbocycles. The maximum atomic E-state index is 13.5. The molecule has 1 amide bonds. The van der Waals surface area contributed by atoms with Crippen LogP contribution in [-0.4, -0.2) is 5.91 Å². The Morgan fingerprint density at radius 1 is 1.10 bits per heavy atom. The molecule has 4 heteroatoms. The van der Waals surface area contributed by atoms with Crippen molar-refractivity contribution in [2.45, 2.75) is 0 Å². The number of benzene rings is 2. The lowest BCUT2D eigenvalue weighted by molar-refractivity contribution is -0.112. The van der Waals surface area contributed by atoms with Gasteiger partial charge in [-0.15, -0.1) is 0 Å². The van der Waals surface area contributed by atoms with Crippen LogP contribution in [0, 0.1) is 17.1 Å². The van der Waals surface area contributed by atoms with Gasteiger partial charge in [-0.2, -0.15) is 5.26 Å². The van der Waals surface area contributed by atoms with Crippen molar-refractivity contribution >= 4 is 17.7 Å². The highest BCUT2D eigenvalue weighted by Gasteiger charge is 2.10. The monoisotopic (exact) mass is 266 g/mol. The summed E-state index contributed by atoms with van der Waals surface area (Å²) in [4.78, 5) is 11.9. The molecule has 20 heavy (non-hydrogen) atoms. The largest absolute Gasteiger partial charge is 0.321 e. The average molecular weight is 266 g/mol. The summed E-state index contributed by atoms with van der Waals surface area (Å²) in [5.41, 5.74) is 0.624. The standard InChI is InChI=1S/C16H11FN2O/c17-15-9-5-4-6-12(15)10-13(11-18)16(20)19-14-7-2-1-3-8-14/h1-10H,(H,19,20)/b13-10+. The fourth-order valence-corrected chi connectivity index (χ4v) is 1.62. The molecular formula is C16H11FN2O. The smallest absolute Gasteiger partial charge is 0.266 e. The molecule has 98 valence electrons. The van der Waals surface area contributed by atoms with Gasteiger partial charge in [0.05, 0.1) is 0 Å². The van der Waals surface area contributed by atoms with Crippen LogP contribution in [0.4, 0.5) is 10.1 Å². The maximum absolute atomic E-state index is 13.5. The summed E-state index contributed by atoms with van der Waals surface area (Å²) < 4.78 is 13.5. The van der Waals surface area contributed by atoms with Gasteiger partial charge in [0.15, 0.2) is 0 Å². The van der Waals surface area contributed by atoms with Crippen molar-refractivity contribution in [3.8, 4) is 6.07 Å². The van der Waals surface area contributed by atoms with Crippen LogP contribution in [0.15, 0.2) is 60.2 Å². The summed E-state index contributed by atoms with van der Waals surface area (Å²) in [7, 11) is 0. The summed E-state index contributed by atoms with van der Waals surface area (Å²) >= 11 is 0. The fraction of sp³-hybridized carbons (Fsp3) is 0. The Kier molecular flexibility index (Phi) is 4.25. The molecule has 0 saturated heterocycles. The first-order chi connectivity index (χ1) is 9.70. The second-order valence-electron chi connectivity index (χ2n) is 4.01. The molecule has 0 radical (unpaired) electrons. The van der Waals surface area contributed by atoms with Crippen molar-refractivity contribution in [1.82, 2.24) is 0 Å². The van der Waals surface area contributed by atoms with Crippen LogP contribution in [0.5, 0.6) is 0 Å². The molecule has 2 aromatic rings. The van der Waals surface area contributed by atoms with E-state index in [1.54, 1.807) is 42.5 Å². The van der Waals surface area contributed by atoms with Gasteiger partial charge in [-0.05, 0) is 24.3 Å². The number of halogens is 1. The van der Waals surface area contributed by atoms with Crippen LogP contribution < -0.4 is 5.32 Å². The molecular weight excluding hydrogens is 255 g/mol. The summed E-state index contributed by atoms with van der Waals surface area (Å²) in [5, 5.41) is 11.6. The molecule has 2 aromatic carbocycles. The van der Waals surface area contributed by atoms with Gasteiger partial charge in [0.2, 0.25) is 0 Å². The zero-order valence-electron chi connectivity index (χ0n) is 10.5. The first kappa shape index (κ1) is 13.5. The van der Waals surface area contributed by atoms with E-state index in [9.17, 15) is 9.18 Å². The Morgan fingerprint density at radius 2 is 1.75 bits per heavy atom. The quantitative estimate of drug-likeness (QED) is 0.684. The number of carbonyl (C=O) groups is 1. The number of anilines is 1. The maximum Gasteiger partial charge on any atom is 0.266 e. The number of carbonyl (C=O) groups excluding carboxylic acids is 1. The Labute approximate surface area is 116 Å². The highest BCUT2D eigenvalue weighted by molar-refractivity contribution is 6.09. The van der Waals surface area contributed by atoms with E-state index in [0.717, 1.165) is 0 Å². The van der Waals surface area contributed by atoms with E-state index in [-0.39, 0.29) is 11.1 Å². The molecule has 0 aromatic heterocycles. The zero-order chi connectivity index (χ0) is 14.4. The Hall–Kier alpha value is -2.93. The lowest BCUT2D eigenvalue weighted by Crippen LogP contribution is -2.13. The number of hydrogen-bond acceptors (Lipinski definition) is 2. The van der Waals surface area contributed by atoms with Crippen LogP contribution in [-0.2, 0) is 4.79 Å². The van der Waals surface area contributed by atoms with Crippen LogP contribution in [0.25, 0.3) is 6.08 Å². The molecule has 0 fully saturated rings. The first-order valence-electron chi connectivity index (χ1n) is 5.93. The zero-order valence-corrected chi connectivity index (χ0v) is 10.5. The van der Waals surface area contributed by atoms with Crippen molar-refractivity contribution in [2.24, 2.45) is 0 Å². The van der Waals surface area contributed by atoms with Gasteiger partial charge in [0, 0.05) is 11.3 Å². The number of amides is 1. The van der Waals surface area contributed by atoms with Gasteiger partial charge in [-0.25, -0.2) is 4.39 Å². The number of nitrogens with one attached hydrogen (secondary N) is 1. The Bertz CT molecular complexity index is 687. The fourth-order valence-electron chi connectivity index (χ4n) is 1.62. The van der Waals surface area contributed by atoms with E-state index in [1.807, 2.05) is 6.07 Å². The second kappa shape index (κ2) is 6.30. The minimum absolute atomic E-state index is 0.154. The molecule has 0 atom stereocenters. The first-order valence-corrected chi connectivity index (χ1v) is 5.93. The normalized spacial score (nSPS) is 10.7. The molecule has 0 unspecified atom stereocenters. The van der Waals surface area contributed by atoms with Crippen molar-refractivity contribution in [3.63, 3.8) is 0 Å². The predicted octanol–water partition coefficient (Wildman–Crippen LogP) is 3.37. The number of nitriles is 1. The third-order valence-corrected chi connectivity index (χ3v) is 2.60. The van der Waals surface area contributed by atoms with E-state index < -0.39 is 11.7 Å². The Morgan fingerprint density at radius 3 is 2.40 bits per heavy atom. The van der Waals surface area contributed by atoms with Gasteiger partial charge < -0.3 is 5.32 Å². The van der Waals surface area contributed by atoms with Gasteiger partial charge in [0.25, 0.3) is 5.91 Å². The van der Waals surface area contributed by atoms with E-state index in [0.29, 0.717) is 5.69 Å². The van der Waals surface area contributed by atoms with E-state index >= 15 is 0 Å². The minimum Gasteiger partial charge on any atom is -0.321 e. The van der Waals surface area contributed by atoms with E-state index in [1.165, 1.54) is 18.2 Å². The Balaban J connectivity index is 2.23. The van der Waals surface area contributed by atoms with Crippen molar-refractivity contribution < 1.29 is 9.18 Å². The number of rotatable bonds is 3. The molecule has 0 saturated carbocycles. The summed E-state index contributed by atoms with van der Waals surface area (Å²) in [6.07, 6.45) is 1.23. The molecule has 3 nitrogen and oxygen atoms in total. The highest BCUT2D eigenvalue weighted by Crippen LogP contribution is 2.13. The van der Waals surface area contributed by atoms with E-state index in [2.05, 4.69) is 5.32 Å². The number of nitrogens with zero attached hydrogens (tertiary/aromatic N) is 1. The molecule has 0 aliphatic heterocycles. The van der Waals surface area contributed by atoms with Gasteiger partial charge in [0.1, 0.15) is 17.5 Å². The summed E-state index contributed by atoms with van der Waals surface area (Å²) in [5.74, 6) is -1.05. The van der Waals surface area contributed by atoms with Crippen LogP contribution in [0.2, 0.25) is 0 Å². The van der Waals surface area contributed by atoms with Crippen LogP contribution in [0.3, 0.4) is 0 Å². The highest BCUT2D eigenvalue weighted by atomic mass is 19.1. The molecule has 0 heterocycles. The average Bonchev–Trinajstić information content (AvgIpc) is 2.47. The lowest BCUT2D eigenvalue weighted by atomic mass is 10.1. The lowest BCUT2D eigenvalue weighted by Gasteiger charge is -2.04. The van der Waals surface area contributed by atoms with Crippen LogP contribution >= 0.6 is 0 Å². The minimum atomic E-state index is -0.568. The SMILES string of the molecule is N#C/C(=C\c1ccccc1F)C(=O)Nc1ccccc1. The number of para-hydroxylation sites is 1. The van der Waals surface area contributed by atoms with Crippen molar-refractivity contribution in [3.05, 3.63) is 71.6 Å². The van der Waals surface area contributed by atoms with Gasteiger partial charge in [-0.1, -0.05) is 36.4 Å². The predicted molar refractivity (Wildman–Crippen MR) is 75.1 cm³/mol. The van der Waals surface area contributed by atoms with E-state index in [4.69, 9.17) is 5.26 Å². The summed E-state index contributed by atoms with van der Waals surface area (Å²) in [6.45, 7) is 0. The summed E-state index contributed by atoms with van der Waals surface area (Å²) in [6, 6.07) is 16.5. The van der Waals surface area contributed by atoms with Gasteiger partial charge >= 0.3 is 0 Å². The van der Waals surface area contributed by atoms with Gasteiger partial charge in [-0.3, -0.25) is 4.79 Å². The second-order valence-corrected chi connectivity index (χ2v) is 4.01. The third kappa shape index (κ3) is 3.30. The molecule has 0 bridgehead atoms. The number of hydrogen-bond donors (Lipinski definition) is 1. The molecule has 0 aliphatic rings. The van der Waals surface area contributed by atoms with Crippen molar-refractivity contribution in [1.29, 1.82) is 5.26 Å². The molecule has 1 N–H and O–H groups in total. The van der Waals surface area contributed by atoms with Crippen molar-refractivity contribution in [2.75, 3.05) is 5.32 Å².